The maximum atomic E-state index is 12.1. The molecule has 0 bridgehead atoms. The molecule has 2 aromatic rings. The van der Waals surface area contributed by atoms with Crippen LogP contribution >= 0.6 is 31.9 Å². The van der Waals surface area contributed by atoms with Crippen molar-refractivity contribution in [3.05, 3.63) is 32.2 Å². The van der Waals surface area contributed by atoms with Crippen LogP contribution in [0.2, 0.25) is 0 Å². The van der Waals surface area contributed by atoms with Gasteiger partial charge in [-0.05, 0) is 69.0 Å². The highest BCUT2D eigenvalue weighted by Crippen LogP contribution is 2.44. The van der Waals surface area contributed by atoms with Crippen LogP contribution in [0.5, 0.6) is 0 Å². The van der Waals surface area contributed by atoms with Crippen LogP contribution in [-0.4, -0.2) is 51.9 Å². The predicted molar refractivity (Wildman–Crippen MR) is 116 cm³/mol. The monoisotopic (exact) mass is 658 g/mol. The minimum absolute atomic E-state index is 0.445. The molecule has 32 heavy (non-hydrogen) atoms. The lowest BCUT2D eigenvalue weighted by Crippen LogP contribution is -2.13. The van der Waals surface area contributed by atoms with Crippen LogP contribution in [0.25, 0.3) is 11.1 Å². The molecule has 0 aliphatic heterocycles. The summed E-state index contributed by atoms with van der Waals surface area (Å²) in [6.45, 7) is 1.99. The highest BCUT2D eigenvalue weighted by molar-refractivity contribution is 9.10. The topological polar surface area (TPSA) is 217 Å². The molecule has 0 spiro atoms. The van der Waals surface area contributed by atoms with Gasteiger partial charge in [-0.3, -0.25) is 18.2 Å². The second-order valence-electron chi connectivity index (χ2n) is 6.28. The molecule has 0 radical (unpaired) electrons. The van der Waals surface area contributed by atoms with Crippen molar-refractivity contribution in [2.24, 2.45) is 0 Å². The predicted octanol–water partition coefficient (Wildman–Crippen LogP) is 2.48. The van der Waals surface area contributed by atoms with E-state index in [-0.39, 0.29) is 0 Å². The second-order valence-corrected chi connectivity index (χ2v) is 13.4. The number of hydrogen-bond donors (Lipinski definition) is 4. The van der Waals surface area contributed by atoms with E-state index < -0.39 is 91.3 Å². The van der Waals surface area contributed by atoms with Crippen LogP contribution in [0.3, 0.4) is 0 Å². The van der Waals surface area contributed by atoms with E-state index in [1.807, 2.05) is 0 Å². The van der Waals surface area contributed by atoms with E-state index in [2.05, 4.69) is 31.9 Å². The first-order valence-corrected chi connectivity index (χ1v) is 15.0. The summed E-state index contributed by atoms with van der Waals surface area (Å²) in [6, 6.07) is 0.890. The molecule has 0 heterocycles. The average molecular weight is 660 g/mol. The molecular formula is C14H12Br2O12S4. The van der Waals surface area contributed by atoms with E-state index in [9.17, 15) is 51.9 Å². The van der Waals surface area contributed by atoms with Crippen molar-refractivity contribution in [2.45, 2.75) is 33.4 Å². The third-order valence-electron chi connectivity index (χ3n) is 4.17. The van der Waals surface area contributed by atoms with E-state index in [1.54, 1.807) is 0 Å². The molecule has 2 rings (SSSR count). The Labute approximate surface area is 199 Å². The summed E-state index contributed by atoms with van der Waals surface area (Å²) in [5, 5.41) is 0. The van der Waals surface area contributed by atoms with Crippen molar-refractivity contribution in [1.29, 1.82) is 0 Å². The van der Waals surface area contributed by atoms with E-state index in [4.69, 9.17) is 0 Å². The summed E-state index contributed by atoms with van der Waals surface area (Å²) in [7, 11) is -20.6. The first-order chi connectivity index (χ1) is 14.1. The van der Waals surface area contributed by atoms with Crippen molar-refractivity contribution in [3.63, 3.8) is 0 Å². The number of benzene rings is 2. The summed E-state index contributed by atoms with van der Waals surface area (Å²) in [5.41, 5.74) is -2.83. The lowest BCUT2D eigenvalue weighted by atomic mass is 10.0. The molecule has 0 unspecified atom stereocenters. The summed E-state index contributed by atoms with van der Waals surface area (Å²) in [5.74, 6) is 0. The smallest absolute Gasteiger partial charge is 0.282 e. The lowest BCUT2D eigenvalue weighted by molar-refractivity contribution is 0.476. The maximum Gasteiger partial charge on any atom is 0.295 e. The molecule has 0 atom stereocenters. The van der Waals surface area contributed by atoms with Gasteiger partial charge in [-0.15, -0.1) is 0 Å². The van der Waals surface area contributed by atoms with Crippen LogP contribution in [0, 0.1) is 13.8 Å². The molecule has 18 heteroatoms. The zero-order valence-electron chi connectivity index (χ0n) is 15.6. The average Bonchev–Trinajstić information content (AvgIpc) is 2.54. The summed E-state index contributed by atoms with van der Waals surface area (Å²) in [4.78, 5) is -4.06. The van der Waals surface area contributed by atoms with Gasteiger partial charge in [0.15, 0.2) is 0 Å². The molecule has 0 fully saturated rings. The number of hydrogen-bond acceptors (Lipinski definition) is 8. The Kier molecular flexibility index (Phi) is 7.13. The zero-order valence-corrected chi connectivity index (χ0v) is 22.0. The Morgan fingerprint density at radius 1 is 0.562 bits per heavy atom. The molecule has 0 aromatic heterocycles. The Morgan fingerprint density at radius 3 is 1.00 bits per heavy atom. The molecule has 0 amide bonds. The standard InChI is InChI=1S/C14H12Br2O12S4/c1-5-11(15)9(29(17,18)19)3-7(13(5)31(23,24)25)8-4-10(30(20,21)22)12(16)6(2)14(8)32(26,27)28/h3-4H,1-2H3,(H,17,18,19)(H,20,21,22)(H,23,24,25)(H,26,27,28). The van der Waals surface area contributed by atoms with Gasteiger partial charge in [-0.25, -0.2) is 0 Å². The van der Waals surface area contributed by atoms with Crippen LogP contribution in [0.15, 0.2) is 40.7 Å². The van der Waals surface area contributed by atoms with Crippen molar-refractivity contribution >= 4 is 72.3 Å². The molecule has 0 aliphatic rings. The molecule has 4 N–H and O–H groups in total. The molecule has 12 nitrogen and oxygen atoms in total. The minimum Gasteiger partial charge on any atom is -0.282 e. The minimum atomic E-state index is -5.24. The first-order valence-electron chi connectivity index (χ1n) is 7.66. The van der Waals surface area contributed by atoms with Crippen molar-refractivity contribution < 1.29 is 51.9 Å². The fourth-order valence-corrected chi connectivity index (χ4v) is 8.21. The molecule has 178 valence electrons. The number of halogens is 2. The SMILES string of the molecule is Cc1c(Br)c(S(=O)(=O)O)cc(-c2cc(S(=O)(=O)O)c(Br)c(C)c2S(=O)(=O)O)c1S(=O)(=O)O. The Hall–Kier alpha value is -0.960. The largest absolute Gasteiger partial charge is 0.295 e. The van der Waals surface area contributed by atoms with Gasteiger partial charge in [0, 0.05) is 20.1 Å². The molecule has 2 aromatic carbocycles. The Balaban J connectivity index is 3.41. The van der Waals surface area contributed by atoms with E-state index >= 15 is 0 Å². The summed E-state index contributed by atoms with van der Waals surface area (Å²) >= 11 is 5.54. The van der Waals surface area contributed by atoms with Crippen LogP contribution in [0.4, 0.5) is 0 Å². The quantitative estimate of drug-likeness (QED) is 0.340. The van der Waals surface area contributed by atoms with Crippen molar-refractivity contribution in [1.82, 2.24) is 0 Å². The van der Waals surface area contributed by atoms with E-state index in [0.717, 1.165) is 13.8 Å². The van der Waals surface area contributed by atoms with Gasteiger partial charge in [0.2, 0.25) is 0 Å². The van der Waals surface area contributed by atoms with Gasteiger partial charge in [-0.1, -0.05) is 0 Å². The van der Waals surface area contributed by atoms with Gasteiger partial charge >= 0.3 is 0 Å². The van der Waals surface area contributed by atoms with E-state index in [0.29, 0.717) is 12.1 Å². The maximum absolute atomic E-state index is 12.1. The van der Waals surface area contributed by atoms with Crippen molar-refractivity contribution in [2.75, 3.05) is 0 Å². The fourth-order valence-electron chi connectivity index (χ4n) is 2.93. The third-order valence-corrected chi connectivity index (χ3v) is 10.6. The molecular weight excluding hydrogens is 648 g/mol. The van der Waals surface area contributed by atoms with Gasteiger partial charge in [0.05, 0.1) is 0 Å². The molecule has 0 saturated heterocycles. The number of rotatable bonds is 5. The van der Waals surface area contributed by atoms with Crippen LogP contribution in [-0.2, 0) is 40.5 Å². The highest BCUT2D eigenvalue weighted by atomic mass is 79.9. The van der Waals surface area contributed by atoms with Gasteiger partial charge in [0.25, 0.3) is 40.5 Å². The Bertz CT molecular complexity index is 1470. The van der Waals surface area contributed by atoms with Crippen LogP contribution < -0.4 is 0 Å². The second kappa shape index (κ2) is 8.36. The van der Waals surface area contributed by atoms with Gasteiger partial charge in [0.1, 0.15) is 19.6 Å². The third kappa shape index (κ3) is 5.08. The zero-order chi connectivity index (χ0) is 25.2. The van der Waals surface area contributed by atoms with Gasteiger partial charge in [-0.2, -0.15) is 33.7 Å². The lowest BCUT2D eigenvalue weighted by Gasteiger charge is -2.19. The Morgan fingerprint density at radius 2 is 0.812 bits per heavy atom. The van der Waals surface area contributed by atoms with Gasteiger partial charge < -0.3 is 0 Å². The normalized spacial score (nSPS) is 13.4. The summed E-state index contributed by atoms with van der Waals surface area (Å²) in [6.07, 6.45) is 0. The first kappa shape index (κ1) is 27.3. The molecule has 0 aliphatic carbocycles. The fraction of sp³-hybridized carbons (Fsp3) is 0.143. The van der Waals surface area contributed by atoms with Crippen LogP contribution in [0.1, 0.15) is 11.1 Å². The summed E-state index contributed by atoms with van der Waals surface area (Å²) < 4.78 is 133. The highest BCUT2D eigenvalue weighted by Gasteiger charge is 2.33. The molecule has 0 saturated carbocycles. The van der Waals surface area contributed by atoms with E-state index in [1.165, 1.54) is 0 Å². The van der Waals surface area contributed by atoms with Crippen molar-refractivity contribution in [3.8, 4) is 11.1 Å².